The number of nitrogens with one attached hydrogen (secondary N) is 3. The van der Waals surface area contributed by atoms with Gasteiger partial charge in [-0.2, -0.15) is 5.10 Å². The fourth-order valence-corrected chi connectivity index (χ4v) is 4.96. The maximum Gasteiger partial charge on any atom is 0.138 e. The van der Waals surface area contributed by atoms with Crippen LogP contribution in [-0.2, 0) is 0 Å². The minimum atomic E-state index is -0.351. The zero-order valence-corrected chi connectivity index (χ0v) is 23.5. The lowest BCUT2D eigenvalue weighted by molar-refractivity contribution is 0.260. The van der Waals surface area contributed by atoms with Crippen molar-refractivity contribution in [3.63, 3.8) is 0 Å². The second kappa shape index (κ2) is 11.0. The van der Waals surface area contributed by atoms with Crippen LogP contribution in [0.25, 0.3) is 55.6 Å². The summed E-state index contributed by atoms with van der Waals surface area (Å²) in [6.07, 6.45) is 5.42. The Hall–Kier alpha value is -4.76. The van der Waals surface area contributed by atoms with Crippen LogP contribution in [-0.4, -0.2) is 63.3 Å². The van der Waals surface area contributed by atoms with Gasteiger partial charge in [-0.1, -0.05) is 6.07 Å². The Labute approximate surface area is 237 Å². The normalized spacial score (nSPS) is 11.7. The molecule has 208 valence electrons. The van der Waals surface area contributed by atoms with E-state index in [1.54, 1.807) is 6.20 Å². The van der Waals surface area contributed by atoms with Gasteiger partial charge in [0.05, 0.1) is 16.9 Å². The van der Waals surface area contributed by atoms with Gasteiger partial charge in [-0.05, 0) is 87.1 Å². The summed E-state index contributed by atoms with van der Waals surface area (Å²) < 4.78 is 20.5. The van der Waals surface area contributed by atoms with Gasteiger partial charge >= 0.3 is 0 Å². The Morgan fingerprint density at radius 1 is 0.951 bits per heavy atom. The van der Waals surface area contributed by atoms with E-state index in [1.807, 2.05) is 55.7 Å². The summed E-state index contributed by atoms with van der Waals surface area (Å²) in [5.41, 5.74) is 7.82. The number of nitrogens with zero attached hydrogens (tertiary/aromatic N) is 4. The first kappa shape index (κ1) is 26.5. The molecule has 0 unspecified atom stereocenters. The van der Waals surface area contributed by atoms with Gasteiger partial charge in [0.15, 0.2) is 0 Å². The predicted molar refractivity (Wildman–Crippen MR) is 163 cm³/mol. The highest BCUT2D eigenvalue weighted by Crippen LogP contribution is 2.36. The molecule has 2 aromatic carbocycles. The molecule has 0 amide bonds. The third-order valence-corrected chi connectivity index (χ3v) is 6.87. The van der Waals surface area contributed by atoms with Crippen molar-refractivity contribution in [2.75, 3.05) is 32.6 Å². The van der Waals surface area contributed by atoms with Crippen LogP contribution in [0.2, 0.25) is 0 Å². The lowest BCUT2D eigenvalue weighted by Gasteiger charge is -2.12. The molecule has 0 aliphatic heterocycles. The van der Waals surface area contributed by atoms with Crippen LogP contribution < -0.4 is 10.1 Å². The van der Waals surface area contributed by atoms with Crippen LogP contribution in [0.3, 0.4) is 0 Å². The smallest absolute Gasteiger partial charge is 0.138 e. The van der Waals surface area contributed by atoms with Crippen molar-refractivity contribution in [1.82, 2.24) is 30.0 Å². The standard InChI is InChI=1S/C32H32FN7O/c1-19(2)36-24-12-22(17-34-18-24)20-5-6-29-28(14-20)31(39-38-29)30-16-27-26(7-8-35-32(27)37-30)21-11-23(33)15-25(13-21)41-10-9-40(3)4/h5-8,11-19,36H,9-10H2,1-4H3,(H,35,37)(H,38,39). The Bertz CT molecular complexity index is 1840. The highest BCUT2D eigenvalue weighted by Gasteiger charge is 2.16. The SMILES string of the molecule is CC(C)Nc1cncc(-c2ccc3[nH]nc(-c4cc5c(-c6cc(F)cc(OCCN(C)C)c6)ccnc5[nH]4)c3c2)c1. The highest BCUT2D eigenvalue weighted by molar-refractivity contribution is 6.00. The van der Waals surface area contributed by atoms with Crippen LogP contribution in [0.15, 0.2) is 73.2 Å². The van der Waals surface area contributed by atoms with E-state index in [-0.39, 0.29) is 5.82 Å². The highest BCUT2D eigenvalue weighted by atomic mass is 19.1. The zero-order valence-electron chi connectivity index (χ0n) is 23.5. The molecule has 0 saturated heterocycles. The molecule has 0 fully saturated rings. The summed E-state index contributed by atoms with van der Waals surface area (Å²) in [5, 5.41) is 13.0. The van der Waals surface area contributed by atoms with E-state index in [0.29, 0.717) is 24.0 Å². The third kappa shape index (κ3) is 5.62. The number of rotatable bonds is 9. The van der Waals surface area contributed by atoms with Gasteiger partial charge in [0.1, 0.15) is 29.5 Å². The number of fused-ring (bicyclic) bond motifs is 2. The molecule has 0 spiro atoms. The topological polar surface area (TPSA) is 94.8 Å². The molecule has 0 bridgehead atoms. The number of pyridine rings is 2. The zero-order chi connectivity index (χ0) is 28.5. The van der Waals surface area contributed by atoms with E-state index < -0.39 is 0 Å². The van der Waals surface area contributed by atoms with E-state index in [9.17, 15) is 4.39 Å². The van der Waals surface area contributed by atoms with Crippen molar-refractivity contribution in [2.24, 2.45) is 0 Å². The van der Waals surface area contributed by atoms with Crippen molar-refractivity contribution in [1.29, 1.82) is 0 Å². The van der Waals surface area contributed by atoms with Crippen molar-refractivity contribution >= 4 is 27.6 Å². The lowest BCUT2D eigenvalue weighted by Crippen LogP contribution is -2.19. The van der Waals surface area contributed by atoms with Crippen molar-refractivity contribution in [3.8, 4) is 39.4 Å². The number of anilines is 1. The van der Waals surface area contributed by atoms with E-state index in [0.717, 1.165) is 62.2 Å². The largest absolute Gasteiger partial charge is 0.492 e. The summed E-state index contributed by atoms with van der Waals surface area (Å²) in [6, 6.07) is 17.3. The van der Waals surface area contributed by atoms with Crippen LogP contribution >= 0.6 is 0 Å². The molecule has 6 aromatic rings. The molecule has 0 aliphatic rings. The van der Waals surface area contributed by atoms with E-state index >= 15 is 0 Å². The Kier molecular flexibility index (Phi) is 7.11. The molecular weight excluding hydrogens is 517 g/mol. The molecule has 0 atom stereocenters. The molecule has 4 heterocycles. The molecular formula is C32H32FN7O. The molecule has 3 N–H and O–H groups in total. The van der Waals surface area contributed by atoms with Crippen LogP contribution in [0.1, 0.15) is 13.8 Å². The summed E-state index contributed by atoms with van der Waals surface area (Å²) in [6.45, 7) is 5.41. The van der Waals surface area contributed by atoms with Crippen molar-refractivity contribution in [3.05, 3.63) is 79.0 Å². The van der Waals surface area contributed by atoms with E-state index in [2.05, 4.69) is 62.5 Å². The minimum Gasteiger partial charge on any atom is -0.492 e. The van der Waals surface area contributed by atoms with E-state index in [1.165, 1.54) is 12.1 Å². The van der Waals surface area contributed by atoms with Crippen LogP contribution in [0.4, 0.5) is 10.1 Å². The number of halogens is 1. The Morgan fingerprint density at radius 2 is 1.83 bits per heavy atom. The number of hydrogen-bond donors (Lipinski definition) is 3. The third-order valence-electron chi connectivity index (χ3n) is 6.87. The first-order chi connectivity index (χ1) is 19.8. The molecule has 41 heavy (non-hydrogen) atoms. The van der Waals surface area contributed by atoms with Crippen LogP contribution in [0.5, 0.6) is 5.75 Å². The second-order valence-corrected chi connectivity index (χ2v) is 10.7. The van der Waals surface area contributed by atoms with Gasteiger partial charge in [0, 0.05) is 53.6 Å². The molecule has 0 radical (unpaired) electrons. The van der Waals surface area contributed by atoms with Gasteiger partial charge in [0.2, 0.25) is 0 Å². The van der Waals surface area contributed by atoms with Gasteiger partial charge in [-0.25, -0.2) is 9.37 Å². The van der Waals surface area contributed by atoms with Gasteiger partial charge < -0.3 is 19.9 Å². The van der Waals surface area contributed by atoms with Gasteiger partial charge in [-0.15, -0.1) is 0 Å². The molecule has 9 heteroatoms. The first-order valence-electron chi connectivity index (χ1n) is 13.6. The number of H-pyrrole nitrogens is 2. The first-order valence-corrected chi connectivity index (χ1v) is 13.6. The average Bonchev–Trinajstić information content (AvgIpc) is 3.56. The summed E-state index contributed by atoms with van der Waals surface area (Å²) >= 11 is 0. The van der Waals surface area contributed by atoms with Gasteiger partial charge in [-0.3, -0.25) is 10.1 Å². The maximum absolute atomic E-state index is 14.6. The molecule has 0 aliphatic carbocycles. The summed E-state index contributed by atoms with van der Waals surface area (Å²) in [7, 11) is 3.95. The van der Waals surface area contributed by atoms with Crippen molar-refractivity contribution in [2.45, 2.75) is 19.9 Å². The molecule has 0 saturated carbocycles. The quantitative estimate of drug-likeness (QED) is 0.185. The second-order valence-electron chi connectivity index (χ2n) is 10.7. The van der Waals surface area contributed by atoms with Gasteiger partial charge in [0.25, 0.3) is 0 Å². The van der Waals surface area contributed by atoms with Crippen molar-refractivity contribution < 1.29 is 9.13 Å². The lowest BCUT2D eigenvalue weighted by atomic mass is 10.0. The number of aromatic amines is 2. The number of hydrogen-bond acceptors (Lipinski definition) is 6. The number of aromatic nitrogens is 5. The minimum absolute atomic E-state index is 0.310. The number of ether oxygens (including phenoxy) is 1. The monoisotopic (exact) mass is 549 g/mol. The molecule has 8 nitrogen and oxygen atoms in total. The summed E-state index contributed by atoms with van der Waals surface area (Å²) in [5.74, 6) is 0.145. The average molecular weight is 550 g/mol. The van der Waals surface area contributed by atoms with E-state index in [4.69, 9.17) is 4.74 Å². The maximum atomic E-state index is 14.6. The fraction of sp³-hybridized carbons (Fsp3) is 0.219. The Balaban J connectivity index is 1.37. The fourth-order valence-electron chi connectivity index (χ4n) is 4.96. The summed E-state index contributed by atoms with van der Waals surface area (Å²) in [4.78, 5) is 14.4. The number of likely N-dealkylation sites (N-methyl/N-ethyl adjacent to an activating group) is 1. The molecule has 4 aromatic heterocycles. The Morgan fingerprint density at radius 3 is 2.66 bits per heavy atom. The van der Waals surface area contributed by atoms with Crippen LogP contribution in [0, 0.1) is 5.82 Å². The number of benzene rings is 2. The predicted octanol–water partition coefficient (Wildman–Crippen LogP) is 6.74. The molecule has 6 rings (SSSR count).